The van der Waals surface area contributed by atoms with Crippen LogP contribution in [0.1, 0.15) is 29.9 Å². The van der Waals surface area contributed by atoms with Crippen LogP contribution in [0.5, 0.6) is 0 Å². The number of benzene rings is 2. The lowest BCUT2D eigenvalue weighted by Gasteiger charge is -2.20. The van der Waals surface area contributed by atoms with Crippen LogP contribution in [0.15, 0.2) is 48.5 Å². The Morgan fingerprint density at radius 2 is 1.64 bits per heavy atom. The van der Waals surface area contributed by atoms with E-state index in [4.69, 9.17) is 19.4 Å². The zero-order chi connectivity index (χ0) is 23.4. The van der Waals surface area contributed by atoms with E-state index in [9.17, 15) is 14.4 Å². The van der Waals surface area contributed by atoms with E-state index in [1.165, 1.54) is 7.11 Å². The number of carboxylic acid groups (broad SMARTS) is 1. The number of carbonyl (C=O) groups is 3. The smallest absolute Gasteiger partial charge is 0.407 e. The molecule has 9 nitrogen and oxygen atoms in total. The maximum absolute atomic E-state index is 12.6. The number of carboxylic acids is 1. The average molecular weight is 454 g/mol. The fourth-order valence-electron chi connectivity index (χ4n) is 4.09. The van der Waals surface area contributed by atoms with Crippen molar-refractivity contribution in [3.8, 4) is 11.1 Å². The van der Waals surface area contributed by atoms with Crippen LogP contribution in [0.4, 0.5) is 4.79 Å². The van der Waals surface area contributed by atoms with E-state index in [2.05, 4.69) is 22.9 Å². The molecule has 0 radical (unpaired) electrons. The van der Waals surface area contributed by atoms with E-state index in [1.807, 2.05) is 36.4 Å². The van der Waals surface area contributed by atoms with Gasteiger partial charge in [-0.15, -0.1) is 0 Å². The fraction of sp³-hybridized carbons (Fsp3) is 0.375. The highest BCUT2D eigenvalue weighted by Gasteiger charge is 2.39. The number of rotatable bonds is 10. The van der Waals surface area contributed by atoms with Crippen LogP contribution in [0.2, 0.25) is 0 Å². The summed E-state index contributed by atoms with van der Waals surface area (Å²) >= 11 is 0. The third-order valence-corrected chi connectivity index (χ3v) is 5.89. The molecule has 1 saturated carbocycles. The Bertz CT molecular complexity index is 991. The van der Waals surface area contributed by atoms with E-state index >= 15 is 0 Å². The zero-order valence-electron chi connectivity index (χ0n) is 18.2. The minimum atomic E-state index is -1.35. The lowest BCUT2D eigenvalue weighted by molar-refractivity contribution is -0.165. The molecular formula is C24H26N2O7. The highest BCUT2D eigenvalue weighted by atomic mass is 16.7. The van der Waals surface area contributed by atoms with Crippen molar-refractivity contribution in [2.45, 2.75) is 30.9 Å². The van der Waals surface area contributed by atoms with E-state index < -0.39 is 30.1 Å². The molecule has 0 bridgehead atoms. The average Bonchev–Trinajstić information content (AvgIpc) is 3.61. The molecular weight excluding hydrogens is 428 g/mol. The molecule has 9 heteroatoms. The molecule has 3 N–H and O–H groups in total. The van der Waals surface area contributed by atoms with Crippen molar-refractivity contribution < 1.29 is 33.8 Å². The molecule has 0 aromatic heterocycles. The molecule has 33 heavy (non-hydrogen) atoms. The van der Waals surface area contributed by atoms with Crippen LogP contribution in [-0.4, -0.2) is 55.5 Å². The number of hydrogen-bond acceptors (Lipinski definition) is 6. The lowest BCUT2D eigenvalue weighted by atomic mass is 9.98. The van der Waals surface area contributed by atoms with E-state index in [0.717, 1.165) is 35.1 Å². The maximum Gasteiger partial charge on any atom is 0.407 e. The van der Waals surface area contributed by atoms with Gasteiger partial charge in [-0.1, -0.05) is 48.5 Å². The van der Waals surface area contributed by atoms with E-state index in [-0.39, 0.29) is 25.0 Å². The van der Waals surface area contributed by atoms with Gasteiger partial charge >= 0.3 is 12.1 Å². The van der Waals surface area contributed by atoms with Gasteiger partial charge in [-0.25, -0.2) is 15.1 Å². The van der Waals surface area contributed by atoms with Crippen LogP contribution in [0.3, 0.4) is 0 Å². The molecule has 0 saturated heterocycles. The number of hydrogen-bond donors (Lipinski definition) is 3. The van der Waals surface area contributed by atoms with Crippen molar-refractivity contribution in [1.82, 2.24) is 10.8 Å². The summed E-state index contributed by atoms with van der Waals surface area (Å²) in [5, 5.41) is 11.7. The summed E-state index contributed by atoms with van der Waals surface area (Å²) in [7, 11) is 1.33. The first-order valence-electron chi connectivity index (χ1n) is 10.8. The summed E-state index contributed by atoms with van der Waals surface area (Å²) in [6.45, 7) is -0.103. The standard InChI is InChI=1S/C24H26N2O7/c1-31-13-20(23(28)29)33-26-22(27)21(14-10-11-14)25-24(30)32-12-19-17-8-4-2-6-15(17)16-7-3-5-9-18(16)19/h2-9,14,19-21H,10-13H2,1H3,(H,25,30)(H,26,27)(H,28,29). The van der Waals surface area contributed by atoms with Gasteiger partial charge in [-0.2, -0.15) is 0 Å². The monoisotopic (exact) mass is 454 g/mol. The van der Waals surface area contributed by atoms with E-state index in [0.29, 0.717) is 0 Å². The Labute approximate surface area is 191 Å². The molecule has 2 aromatic rings. The molecule has 2 aliphatic carbocycles. The maximum atomic E-state index is 12.6. The quantitative estimate of drug-likeness (QED) is 0.471. The molecule has 174 valence electrons. The number of amides is 2. The number of ether oxygens (including phenoxy) is 2. The number of nitrogens with one attached hydrogen (secondary N) is 2. The Morgan fingerprint density at radius 3 is 2.18 bits per heavy atom. The molecule has 0 heterocycles. The minimum Gasteiger partial charge on any atom is -0.479 e. The molecule has 0 aliphatic heterocycles. The topological polar surface area (TPSA) is 123 Å². The number of carbonyl (C=O) groups excluding carboxylic acids is 2. The Hall–Kier alpha value is -3.43. The molecule has 2 aliphatic rings. The highest BCUT2D eigenvalue weighted by Crippen LogP contribution is 2.44. The number of aliphatic carboxylic acids is 1. The van der Waals surface area contributed by atoms with Gasteiger partial charge in [0.2, 0.25) is 6.10 Å². The third-order valence-electron chi connectivity index (χ3n) is 5.89. The number of fused-ring (bicyclic) bond motifs is 3. The normalized spacial score (nSPS) is 16.3. The predicted molar refractivity (Wildman–Crippen MR) is 117 cm³/mol. The van der Waals surface area contributed by atoms with E-state index in [1.54, 1.807) is 0 Å². The minimum absolute atomic E-state index is 0.0558. The van der Waals surface area contributed by atoms with Gasteiger partial charge in [0.25, 0.3) is 5.91 Å². The number of alkyl carbamates (subject to hydrolysis) is 1. The van der Waals surface area contributed by atoms with Crippen LogP contribution in [-0.2, 0) is 23.9 Å². The molecule has 0 spiro atoms. The SMILES string of the molecule is COCC(ONC(=O)C(NC(=O)OCC1c2ccccc2-c2ccccc21)C1CC1)C(=O)O. The molecule has 4 rings (SSSR count). The third kappa shape index (κ3) is 5.15. The predicted octanol–water partition coefficient (Wildman–Crippen LogP) is 2.45. The molecule has 2 atom stereocenters. The van der Waals surface area contributed by atoms with Gasteiger partial charge in [-0.05, 0) is 41.0 Å². The molecule has 1 fully saturated rings. The number of hydroxylamine groups is 1. The van der Waals surface area contributed by atoms with Crippen molar-refractivity contribution in [1.29, 1.82) is 0 Å². The summed E-state index contributed by atoms with van der Waals surface area (Å²) in [6.07, 6.45) is -0.534. The summed E-state index contributed by atoms with van der Waals surface area (Å²) < 4.78 is 10.3. The van der Waals surface area contributed by atoms with Crippen molar-refractivity contribution in [2.24, 2.45) is 5.92 Å². The first-order valence-corrected chi connectivity index (χ1v) is 10.8. The second-order valence-electron chi connectivity index (χ2n) is 8.15. The zero-order valence-corrected chi connectivity index (χ0v) is 18.2. The first-order chi connectivity index (χ1) is 16.0. The van der Waals surface area contributed by atoms with Crippen LogP contribution < -0.4 is 10.8 Å². The summed E-state index contributed by atoms with van der Waals surface area (Å²) in [4.78, 5) is 41.2. The molecule has 2 aromatic carbocycles. The Morgan fingerprint density at radius 1 is 1.03 bits per heavy atom. The largest absolute Gasteiger partial charge is 0.479 e. The van der Waals surface area contributed by atoms with Crippen LogP contribution >= 0.6 is 0 Å². The fourth-order valence-corrected chi connectivity index (χ4v) is 4.09. The van der Waals surface area contributed by atoms with Crippen LogP contribution in [0.25, 0.3) is 11.1 Å². The van der Waals surface area contributed by atoms with Crippen LogP contribution in [0, 0.1) is 5.92 Å². The lowest BCUT2D eigenvalue weighted by Crippen LogP contribution is -2.50. The Kier molecular flexibility index (Phi) is 6.90. The molecule has 2 amide bonds. The van der Waals surface area contributed by atoms with Crippen molar-refractivity contribution in [3.05, 3.63) is 59.7 Å². The molecule has 2 unspecified atom stereocenters. The highest BCUT2D eigenvalue weighted by molar-refractivity contribution is 5.86. The summed E-state index contributed by atoms with van der Waals surface area (Å²) in [5.41, 5.74) is 6.56. The first kappa shape index (κ1) is 22.8. The Balaban J connectivity index is 1.36. The summed E-state index contributed by atoms with van der Waals surface area (Å²) in [5.74, 6) is -2.05. The van der Waals surface area contributed by atoms with Crippen molar-refractivity contribution in [3.63, 3.8) is 0 Å². The number of methoxy groups -OCH3 is 1. The van der Waals surface area contributed by atoms with Crippen molar-refractivity contribution >= 4 is 18.0 Å². The van der Waals surface area contributed by atoms with Gasteiger partial charge in [-0.3, -0.25) is 9.63 Å². The van der Waals surface area contributed by atoms with Gasteiger partial charge in [0.1, 0.15) is 12.6 Å². The van der Waals surface area contributed by atoms with Crippen molar-refractivity contribution in [2.75, 3.05) is 20.3 Å². The second-order valence-corrected chi connectivity index (χ2v) is 8.15. The summed E-state index contributed by atoms with van der Waals surface area (Å²) in [6, 6.07) is 15.2. The van der Waals surface area contributed by atoms with Gasteiger partial charge in [0, 0.05) is 13.0 Å². The van der Waals surface area contributed by atoms with Gasteiger partial charge in [0.05, 0.1) is 6.61 Å². The van der Waals surface area contributed by atoms with Gasteiger partial charge in [0.15, 0.2) is 0 Å². The second kappa shape index (κ2) is 10.0. The van der Waals surface area contributed by atoms with Gasteiger partial charge < -0.3 is 19.9 Å².